The number of carboxylic acid groups (broad SMARTS) is 2. The Balaban J connectivity index is 0. The monoisotopic (exact) mass is 346 g/mol. The molecular formula is C16H26O8. The van der Waals surface area contributed by atoms with Crippen molar-refractivity contribution >= 4 is 11.9 Å². The molecule has 0 saturated heterocycles. The van der Waals surface area contributed by atoms with Crippen LogP contribution in [0.25, 0.3) is 0 Å². The van der Waals surface area contributed by atoms with Crippen LogP contribution in [0.2, 0.25) is 0 Å². The molecule has 0 bridgehead atoms. The molecule has 0 spiro atoms. The highest BCUT2D eigenvalue weighted by molar-refractivity contribution is 5.66. The van der Waals surface area contributed by atoms with Gasteiger partial charge in [-0.2, -0.15) is 0 Å². The maximum Gasteiger partial charge on any atom is 0.303 e. The van der Waals surface area contributed by atoms with Gasteiger partial charge in [-0.25, -0.2) is 0 Å². The summed E-state index contributed by atoms with van der Waals surface area (Å²) in [5, 5.41) is 32.5. The Morgan fingerprint density at radius 2 is 1.04 bits per heavy atom. The third-order valence-corrected chi connectivity index (χ3v) is 2.15. The maximum atomic E-state index is 9.37. The summed E-state index contributed by atoms with van der Waals surface area (Å²) in [4.78, 5) is 18.7. The van der Waals surface area contributed by atoms with Gasteiger partial charge in [-0.15, -0.1) is 0 Å². The number of hydrogen-bond acceptors (Lipinski definition) is 6. The van der Waals surface area contributed by atoms with Crippen molar-refractivity contribution in [1.29, 1.82) is 0 Å². The molecule has 0 fully saturated rings. The second kappa shape index (κ2) is 17.0. The fourth-order valence-electron chi connectivity index (χ4n) is 0.959. The van der Waals surface area contributed by atoms with Crippen molar-refractivity contribution in [1.82, 2.24) is 0 Å². The Hall–Kier alpha value is -2.32. The van der Waals surface area contributed by atoms with Crippen molar-refractivity contribution in [2.45, 2.75) is 26.7 Å². The summed E-state index contributed by atoms with van der Waals surface area (Å²) in [5.41, 5.74) is 0. The minimum absolute atomic E-state index is 0.00274. The molecule has 138 valence electrons. The number of aliphatic hydroxyl groups is 2. The summed E-state index contributed by atoms with van der Waals surface area (Å²) in [6.07, 6.45) is 0.444. The molecule has 24 heavy (non-hydrogen) atoms. The van der Waals surface area contributed by atoms with Gasteiger partial charge in [0.1, 0.15) is 24.7 Å². The van der Waals surface area contributed by atoms with Crippen LogP contribution in [0.1, 0.15) is 26.7 Å². The van der Waals surface area contributed by atoms with Crippen LogP contribution in [-0.2, 0) is 9.59 Å². The standard InChI is InChI=1S/C10H14O4.2C3H6O2/c11-5-7-13-9-1-2-10(4-3-9)14-8-6-12;2*1-2-3(4)5/h1-4,11-12H,5-8H2;2*2H2,1H3,(H,4,5). The van der Waals surface area contributed by atoms with E-state index in [0.717, 1.165) is 0 Å². The predicted octanol–water partition coefficient (Wildman–Crippen LogP) is 1.39. The minimum atomic E-state index is -0.745. The van der Waals surface area contributed by atoms with E-state index in [1.54, 1.807) is 38.1 Å². The van der Waals surface area contributed by atoms with Crippen molar-refractivity contribution in [2.24, 2.45) is 0 Å². The summed E-state index contributed by atoms with van der Waals surface area (Å²) in [5.74, 6) is -0.110. The van der Waals surface area contributed by atoms with E-state index in [-0.39, 0.29) is 39.3 Å². The predicted molar refractivity (Wildman–Crippen MR) is 87.5 cm³/mol. The Morgan fingerprint density at radius 1 is 0.792 bits per heavy atom. The average Bonchev–Trinajstić information content (AvgIpc) is 2.60. The lowest BCUT2D eigenvalue weighted by atomic mass is 10.3. The van der Waals surface area contributed by atoms with Crippen LogP contribution in [0.15, 0.2) is 24.3 Å². The molecule has 1 rings (SSSR count). The largest absolute Gasteiger partial charge is 0.491 e. The Morgan fingerprint density at radius 3 is 1.21 bits per heavy atom. The molecule has 1 aromatic rings. The highest BCUT2D eigenvalue weighted by atomic mass is 16.5. The zero-order valence-electron chi connectivity index (χ0n) is 14.0. The molecule has 0 atom stereocenters. The summed E-state index contributed by atoms with van der Waals surface area (Å²) < 4.78 is 10.3. The fraction of sp³-hybridized carbons (Fsp3) is 0.500. The maximum absolute atomic E-state index is 9.37. The lowest BCUT2D eigenvalue weighted by Gasteiger charge is -2.06. The van der Waals surface area contributed by atoms with Gasteiger partial charge >= 0.3 is 11.9 Å². The number of aliphatic hydroxyl groups excluding tert-OH is 2. The van der Waals surface area contributed by atoms with E-state index in [1.165, 1.54) is 0 Å². The molecule has 1 aromatic carbocycles. The quantitative estimate of drug-likeness (QED) is 0.555. The van der Waals surface area contributed by atoms with E-state index in [9.17, 15) is 9.59 Å². The van der Waals surface area contributed by atoms with Gasteiger partial charge in [0.2, 0.25) is 0 Å². The molecule has 0 unspecified atom stereocenters. The highest BCUT2D eigenvalue weighted by Crippen LogP contribution is 2.17. The number of ether oxygens (including phenoxy) is 2. The molecule has 8 heteroatoms. The van der Waals surface area contributed by atoms with Crippen LogP contribution >= 0.6 is 0 Å². The first kappa shape index (κ1) is 23.9. The fourth-order valence-corrected chi connectivity index (χ4v) is 0.959. The summed E-state index contributed by atoms with van der Waals surface area (Å²) in [6.45, 7) is 3.78. The molecule has 0 saturated carbocycles. The van der Waals surface area contributed by atoms with E-state index in [4.69, 9.17) is 29.9 Å². The number of carbonyl (C=O) groups is 2. The van der Waals surface area contributed by atoms with Gasteiger partial charge in [-0.05, 0) is 24.3 Å². The first-order valence-electron chi connectivity index (χ1n) is 7.42. The van der Waals surface area contributed by atoms with Crippen LogP contribution in [-0.4, -0.2) is 58.8 Å². The molecule has 0 aromatic heterocycles. The van der Waals surface area contributed by atoms with Crippen LogP contribution in [0, 0.1) is 0 Å². The van der Waals surface area contributed by atoms with Crippen molar-refractivity contribution in [3.63, 3.8) is 0 Å². The van der Waals surface area contributed by atoms with Crippen LogP contribution in [0.3, 0.4) is 0 Å². The molecule has 0 aliphatic carbocycles. The first-order valence-corrected chi connectivity index (χ1v) is 7.42. The second-order valence-electron chi connectivity index (χ2n) is 4.11. The van der Waals surface area contributed by atoms with Crippen molar-refractivity contribution in [3.8, 4) is 11.5 Å². The number of aliphatic carboxylic acids is 2. The lowest BCUT2D eigenvalue weighted by molar-refractivity contribution is -0.137. The SMILES string of the molecule is CCC(=O)O.CCC(=O)O.OCCOc1ccc(OCCO)cc1. The van der Waals surface area contributed by atoms with E-state index < -0.39 is 11.9 Å². The zero-order valence-corrected chi connectivity index (χ0v) is 14.0. The highest BCUT2D eigenvalue weighted by Gasteiger charge is 1.95. The van der Waals surface area contributed by atoms with Crippen LogP contribution in [0.5, 0.6) is 11.5 Å². The van der Waals surface area contributed by atoms with E-state index in [0.29, 0.717) is 11.5 Å². The van der Waals surface area contributed by atoms with Crippen LogP contribution < -0.4 is 9.47 Å². The third kappa shape index (κ3) is 17.7. The van der Waals surface area contributed by atoms with E-state index in [1.807, 2.05) is 0 Å². The number of benzene rings is 1. The molecule has 4 N–H and O–H groups in total. The minimum Gasteiger partial charge on any atom is -0.491 e. The van der Waals surface area contributed by atoms with Crippen molar-refractivity contribution in [3.05, 3.63) is 24.3 Å². The molecule has 0 heterocycles. The Bertz CT molecular complexity index is 389. The molecule has 8 nitrogen and oxygen atoms in total. The summed E-state index contributed by atoms with van der Waals surface area (Å²) >= 11 is 0. The topological polar surface area (TPSA) is 134 Å². The molecule has 0 aliphatic rings. The molecule has 0 aliphatic heterocycles. The molecular weight excluding hydrogens is 320 g/mol. The molecule has 0 amide bonds. The van der Waals surface area contributed by atoms with Gasteiger partial charge in [0.15, 0.2) is 0 Å². The molecule has 0 radical (unpaired) electrons. The normalized spacial score (nSPS) is 8.83. The van der Waals surface area contributed by atoms with Gasteiger partial charge in [-0.3, -0.25) is 9.59 Å². The Kier molecular flexibility index (Phi) is 17.0. The zero-order chi connectivity index (χ0) is 18.8. The number of carboxylic acids is 2. The van der Waals surface area contributed by atoms with Gasteiger partial charge < -0.3 is 29.9 Å². The summed E-state index contributed by atoms with van der Waals surface area (Å²) in [6, 6.07) is 7.01. The number of hydrogen-bond donors (Lipinski definition) is 4. The third-order valence-electron chi connectivity index (χ3n) is 2.15. The summed E-state index contributed by atoms with van der Waals surface area (Å²) in [7, 11) is 0. The van der Waals surface area contributed by atoms with Crippen molar-refractivity contribution < 1.29 is 39.5 Å². The lowest BCUT2D eigenvalue weighted by Crippen LogP contribution is -2.03. The van der Waals surface area contributed by atoms with E-state index in [2.05, 4.69) is 0 Å². The Labute approximate surface area is 141 Å². The van der Waals surface area contributed by atoms with E-state index >= 15 is 0 Å². The average molecular weight is 346 g/mol. The van der Waals surface area contributed by atoms with Gasteiger partial charge in [0.25, 0.3) is 0 Å². The first-order chi connectivity index (χ1) is 11.4. The van der Waals surface area contributed by atoms with Gasteiger partial charge in [0.05, 0.1) is 13.2 Å². The van der Waals surface area contributed by atoms with Crippen LogP contribution in [0.4, 0.5) is 0 Å². The van der Waals surface area contributed by atoms with Gasteiger partial charge in [0, 0.05) is 12.8 Å². The smallest absolute Gasteiger partial charge is 0.303 e. The second-order valence-corrected chi connectivity index (χ2v) is 4.11. The number of rotatable bonds is 8. The van der Waals surface area contributed by atoms with Crippen molar-refractivity contribution in [2.75, 3.05) is 26.4 Å². The van der Waals surface area contributed by atoms with Gasteiger partial charge in [-0.1, -0.05) is 13.8 Å².